The lowest BCUT2D eigenvalue weighted by Crippen LogP contribution is -2.07. The predicted molar refractivity (Wildman–Crippen MR) is 125 cm³/mol. The first kappa shape index (κ1) is 26.1. The van der Waals surface area contributed by atoms with Crippen molar-refractivity contribution in [2.24, 2.45) is 0 Å². The Morgan fingerprint density at radius 1 is 0.700 bits per heavy atom. The first-order chi connectivity index (χ1) is 14.8. The average Bonchev–Trinajstić information content (AvgIpc) is 2.76. The van der Waals surface area contributed by atoms with Gasteiger partial charge in [0.25, 0.3) is 0 Å². The van der Waals surface area contributed by atoms with Gasteiger partial charge >= 0.3 is 12.2 Å². The van der Waals surface area contributed by atoms with E-state index in [2.05, 4.69) is 35.1 Å². The van der Waals surface area contributed by atoms with Gasteiger partial charge in [0.2, 0.25) is 0 Å². The summed E-state index contributed by atoms with van der Waals surface area (Å²) in [6.07, 6.45) is 23.0. The molecule has 0 aromatic heterocycles. The molecule has 0 bridgehead atoms. The molecule has 30 heavy (non-hydrogen) atoms. The van der Waals surface area contributed by atoms with Crippen LogP contribution in [0.4, 0.5) is 0 Å². The van der Waals surface area contributed by atoms with Crippen LogP contribution in [0.25, 0.3) is 5.53 Å². The van der Waals surface area contributed by atoms with E-state index in [9.17, 15) is 4.79 Å². The second-order valence-electron chi connectivity index (χ2n) is 8.30. The SMILES string of the molecule is [N-]=[N+]=CC(=O)OCCCCCCCCCCCCCCCCCCc1ccccc1. The van der Waals surface area contributed by atoms with E-state index in [1.807, 2.05) is 0 Å². The van der Waals surface area contributed by atoms with E-state index in [1.54, 1.807) is 0 Å². The number of nitrogens with zero attached hydrogens (tertiary/aromatic N) is 2. The summed E-state index contributed by atoms with van der Waals surface area (Å²) in [7, 11) is 0. The monoisotopic (exact) mass is 414 g/mol. The van der Waals surface area contributed by atoms with E-state index in [0.717, 1.165) is 19.1 Å². The molecule has 0 radical (unpaired) electrons. The molecular weight excluding hydrogens is 372 g/mol. The number of carbonyl (C=O) groups excluding carboxylic acids is 1. The zero-order valence-electron chi connectivity index (χ0n) is 18.9. The minimum Gasteiger partial charge on any atom is -0.457 e. The van der Waals surface area contributed by atoms with Crippen LogP contribution in [0.15, 0.2) is 30.3 Å². The summed E-state index contributed by atoms with van der Waals surface area (Å²) in [4.78, 5) is 13.6. The fourth-order valence-corrected chi connectivity index (χ4v) is 3.81. The van der Waals surface area contributed by atoms with Crippen molar-refractivity contribution < 1.29 is 14.3 Å². The summed E-state index contributed by atoms with van der Waals surface area (Å²) in [5, 5.41) is 0. The molecule has 0 N–H and O–H groups in total. The molecule has 0 atom stereocenters. The van der Waals surface area contributed by atoms with Crippen molar-refractivity contribution in [3.63, 3.8) is 0 Å². The highest BCUT2D eigenvalue weighted by molar-refractivity contribution is 6.20. The van der Waals surface area contributed by atoms with Gasteiger partial charge in [-0.1, -0.05) is 120 Å². The van der Waals surface area contributed by atoms with Crippen LogP contribution in [0, 0.1) is 0 Å². The highest BCUT2D eigenvalue weighted by atomic mass is 16.5. The van der Waals surface area contributed by atoms with Crippen LogP contribution in [-0.2, 0) is 16.0 Å². The Kier molecular flexibility index (Phi) is 17.7. The van der Waals surface area contributed by atoms with Crippen molar-refractivity contribution in [2.75, 3.05) is 6.61 Å². The number of carbonyl (C=O) groups is 1. The van der Waals surface area contributed by atoms with Gasteiger partial charge in [0, 0.05) is 0 Å². The van der Waals surface area contributed by atoms with Crippen LogP contribution in [0.3, 0.4) is 0 Å². The van der Waals surface area contributed by atoms with E-state index in [4.69, 9.17) is 10.3 Å². The molecule has 168 valence electrons. The number of aryl methyl sites for hydroxylation is 1. The Labute approximate surface area is 184 Å². The van der Waals surface area contributed by atoms with Gasteiger partial charge in [-0.25, -0.2) is 4.79 Å². The van der Waals surface area contributed by atoms with Crippen molar-refractivity contribution in [2.45, 2.75) is 109 Å². The molecule has 4 heteroatoms. The molecule has 0 heterocycles. The first-order valence-electron chi connectivity index (χ1n) is 12.2. The van der Waals surface area contributed by atoms with Crippen LogP contribution in [0.5, 0.6) is 0 Å². The van der Waals surface area contributed by atoms with Crippen molar-refractivity contribution >= 4 is 12.2 Å². The molecule has 0 amide bonds. The summed E-state index contributed by atoms with van der Waals surface area (Å²) in [5.74, 6) is -0.573. The fraction of sp³-hybridized carbons (Fsp3) is 0.692. The Morgan fingerprint density at radius 2 is 1.13 bits per heavy atom. The molecule has 0 aliphatic rings. The molecule has 0 unspecified atom stereocenters. The smallest absolute Gasteiger partial charge is 0.413 e. The number of esters is 1. The maximum atomic E-state index is 10.9. The molecule has 0 aliphatic carbocycles. The third kappa shape index (κ3) is 17.0. The average molecular weight is 415 g/mol. The number of ether oxygens (including phenoxy) is 1. The number of hydrogen-bond donors (Lipinski definition) is 0. The Bertz CT molecular complexity index is 568. The van der Waals surface area contributed by atoms with Crippen LogP contribution >= 0.6 is 0 Å². The normalized spacial score (nSPS) is 10.5. The standard InChI is InChI=1S/C26H42N2O2/c27-28-24-26(29)30-23-19-14-12-10-8-6-4-2-1-3-5-7-9-11-13-16-20-25-21-17-15-18-22-25/h15,17-18,21-22,24H,1-14,16,19-20,23H2. The third-order valence-electron chi connectivity index (χ3n) is 5.61. The molecular formula is C26H42N2O2. The molecule has 0 fully saturated rings. The first-order valence-corrected chi connectivity index (χ1v) is 12.2. The molecule has 0 saturated carbocycles. The second-order valence-corrected chi connectivity index (χ2v) is 8.30. The second kappa shape index (κ2) is 20.3. The molecule has 1 aromatic rings. The summed E-state index contributed by atoms with van der Waals surface area (Å²) in [6.45, 7) is 0.415. The lowest BCUT2D eigenvalue weighted by Gasteiger charge is -2.04. The molecule has 1 rings (SSSR count). The fourth-order valence-electron chi connectivity index (χ4n) is 3.81. The maximum Gasteiger partial charge on any atom is 0.413 e. The van der Waals surface area contributed by atoms with Gasteiger partial charge in [-0.2, -0.15) is 4.79 Å². The zero-order valence-corrected chi connectivity index (χ0v) is 18.9. The lowest BCUT2D eigenvalue weighted by atomic mass is 10.0. The summed E-state index contributed by atoms with van der Waals surface area (Å²) >= 11 is 0. The van der Waals surface area contributed by atoms with Crippen molar-refractivity contribution in [1.29, 1.82) is 0 Å². The quantitative estimate of drug-likeness (QED) is 0.0738. The predicted octanol–water partition coefficient (Wildman–Crippen LogP) is 7.31. The van der Waals surface area contributed by atoms with E-state index in [0.29, 0.717) is 6.61 Å². The zero-order chi connectivity index (χ0) is 21.5. The Morgan fingerprint density at radius 3 is 1.60 bits per heavy atom. The molecule has 4 nitrogen and oxygen atoms in total. The highest BCUT2D eigenvalue weighted by Crippen LogP contribution is 2.14. The van der Waals surface area contributed by atoms with Gasteiger partial charge in [-0.3, -0.25) is 0 Å². The van der Waals surface area contributed by atoms with Crippen molar-refractivity contribution in [3.05, 3.63) is 41.4 Å². The number of unbranched alkanes of at least 4 members (excludes halogenated alkanes) is 15. The Balaban J connectivity index is 1.70. The number of benzene rings is 1. The van der Waals surface area contributed by atoms with Gasteiger partial charge in [-0.15, -0.1) is 0 Å². The minimum atomic E-state index is -0.573. The van der Waals surface area contributed by atoms with Gasteiger partial charge < -0.3 is 10.3 Å². The number of hydrogen-bond acceptors (Lipinski definition) is 2. The summed E-state index contributed by atoms with van der Waals surface area (Å²) < 4.78 is 4.88. The highest BCUT2D eigenvalue weighted by Gasteiger charge is 2.01. The summed E-state index contributed by atoms with van der Waals surface area (Å²) in [6, 6.07) is 10.8. The van der Waals surface area contributed by atoms with Crippen LogP contribution in [-0.4, -0.2) is 23.6 Å². The Hall–Kier alpha value is -1.93. The molecule has 1 aromatic carbocycles. The summed E-state index contributed by atoms with van der Waals surface area (Å²) in [5.41, 5.74) is 9.67. The number of rotatable bonds is 20. The lowest BCUT2D eigenvalue weighted by molar-refractivity contribution is -0.139. The van der Waals surface area contributed by atoms with Crippen molar-refractivity contribution in [1.82, 2.24) is 0 Å². The molecule has 0 saturated heterocycles. The van der Waals surface area contributed by atoms with Gasteiger partial charge in [-0.05, 0) is 24.8 Å². The van der Waals surface area contributed by atoms with Crippen molar-refractivity contribution in [3.8, 4) is 0 Å². The van der Waals surface area contributed by atoms with Gasteiger partial charge in [0.15, 0.2) is 0 Å². The van der Waals surface area contributed by atoms with Crippen LogP contribution < -0.4 is 0 Å². The maximum absolute atomic E-state index is 10.9. The topological polar surface area (TPSA) is 62.7 Å². The van der Waals surface area contributed by atoms with Gasteiger partial charge in [0.05, 0.1) is 6.61 Å². The van der Waals surface area contributed by atoms with E-state index in [-0.39, 0.29) is 0 Å². The molecule has 0 aliphatic heterocycles. The minimum absolute atomic E-state index is 0.415. The molecule has 0 spiro atoms. The largest absolute Gasteiger partial charge is 0.457 e. The van der Waals surface area contributed by atoms with Crippen LogP contribution in [0.2, 0.25) is 0 Å². The van der Waals surface area contributed by atoms with Crippen LogP contribution in [0.1, 0.15) is 108 Å². The van der Waals surface area contributed by atoms with Gasteiger partial charge in [0.1, 0.15) is 0 Å². The van der Waals surface area contributed by atoms with E-state index < -0.39 is 5.97 Å². The third-order valence-corrected chi connectivity index (χ3v) is 5.61. The van der Waals surface area contributed by atoms with E-state index in [1.165, 1.54) is 102 Å². The van der Waals surface area contributed by atoms with E-state index >= 15 is 0 Å².